The number of unbranched alkanes of at least 4 members (excludes halogenated alkanes) is 3. The Balaban J connectivity index is 2.79. The van der Waals surface area contributed by atoms with Gasteiger partial charge in [-0.15, -0.1) is 0 Å². The van der Waals surface area contributed by atoms with Crippen molar-refractivity contribution in [1.82, 2.24) is 5.43 Å². The topological polar surface area (TPSA) is 41.5 Å². The first-order chi connectivity index (χ1) is 12.2. The van der Waals surface area contributed by atoms with Crippen LogP contribution in [0.15, 0.2) is 29.4 Å². The van der Waals surface area contributed by atoms with E-state index in [4.69, 9.17) is 23.2 Å². The highest BCUT2D eigenvalue weighted by Crippen LogP contribution is 2.23. The van der Waals surface area contributed by atoms with Crippen LogP contribution in [0.4, 0.5) is 0 Å². The van der Waals surface area contributed by atoms with Crippen LogP contribution in [0.2, 0.25) is 10.0 Å². The number of hydrogen-bond donors (Lipinski definition) is 1. The molecule has 6 heteroatoms. The maximum Gasteiger partial charge on any atom is 0.295 e. The Morgan fingerprint density at radius 3 is 2.50 bits per heavy atom. The lowest BCUT2D eigenvalue weighted by Gasteiger charge is -2.22. The largest absolute Gasteiger partial charge is 0.323 e. The summed E-state index contributed by atoms with van der Waals surface area (Å²) in [5.74, 6) is -0.0912. The zero-order valence-corrected chi connectivity index (χ0v) is 17.7. The molecule has 0 aromatic heterocycles. The summed E-state index contributed by atoms with van der Waals surface area (Å²) >= 11 is 12.0. The second-order valence-electron chi connectivity index (χ2n) is 7.40. The summed E-state index contributed by atoms with van der Waals surface area (Å²) in [5, 5.41) is 5.37. The molecule has 0 aliphatic heterocycles. The van der Waals surface area contributed by atoms with E-state index in [0.717, 1.165) is 30.5 Å². The molecule has 26 heavy (non-hydrogen) atoms. The minimum absolute atomic E-state index is 0.0912. The molecule has 0 fully saturated rings. The van der Waals surface area contributed by atoms with Gasteiger partial charge in [0.15, 0.2) is 6.54 Å². The monoisotopic (exact) mass is 398 g/mol. The molecule has 1 N–H and O–H groups in total. The summed E-state index contributed by atoms with van der Waals surface area (Å²) in [5.41, 5.74) is 4.46. The molecule has 0 aliphatic carbocycles. The Morgan fingerprint density at radius 1 is 1.15 bits per heavy atom. The molecule has 1 aromatic rings. The van der Waals surface area contributed by atoms with Crippen LogP contribution in [0.3, 0.4) is 0 Å². The third-order valence-electron chi connectivity index (χ3n) is 3.64. The molecule has 1 amide bonds. The average Bonchev–Trinajstić information content (AvgIpc) is 2.54. The fourth-order valence-electron chi connectivity index (χ4n) is 2.32. The van der Waals surface area contributed by atoms with Gasteiger partial charge in [-0.3, -0.25) is 4.79 Å². The number of nitrogens with zero attached hydrogens (tertiary/aromatic N) is 2. The minimum atomic E-state index is -0.0912. The van der Waals surface area contributed by atoms with Crippen LogP contribution >= 0.6 is 23.2 Å². The van der Waals surface area contributed by atoms with Crippen molar-refractivity contribution in [3.05, 3.63) is 39.9 Å². The van der Waals surface area contributed by atoms with E-state index < -0.39 is 0 Å². The van der Waals surface area contributed by atoms with Gasteiger partial charge in [0.1, 0.15) is 0 Å². The van der Waals surface area contributed by atoms with Crippen molar-refractivity contribution < 1.29 is 9.28 Å². The molecule has 0 saturated heterocycles. The zero-order valence-electron chi connectivity index (χ0n) is 16.2. The summed E-state index contributed by atoms with van der Waals surface area (Å²) < 4.78 is 0.562. The van der Waals surface area contributed by atoms with E-state index in [9.17, 15) is 4.79 Å². The average molecular weight is 399 g/mol. The minimum Gasteiger partial charge on any atom is -0.323 e. The molecular formula is C20H30Cl2N3O+. The number of benzene rings is 1. The van der Waals surface area contributed by atoms with E-state index in [2.05, 4.69) is 17.5 Å². The lowest BCUT2D eigenvalue weighted by Crippen LogP contribution is -2.43. The molecule has 1 rings (SSSR count). The van der Waals surface area contributed by atoms with Crippen LogP contribution in [-0.4, -0.2) is 43.8 Å². The van der Waals surface area contributed by atoms with Crippen LogP contribution in [0.5, 0.6) is 0 Å². The van der Waals surface area contributed by atoms with Crippen LogP contribution in [0.25, 0.3) is 6.08 Å². The summed E-state index contributed by atoms with van der Waals surface area (Å²) in [6.45, 7) is 2.56. The first-order valence-corrected chi connectivity index (χ1v) is 9.76. The number of halogens is 2. The van der Waals surface area contributed by atoms with Gasteiger partial charge in [0.05, 0.1) is 36.9 Å². The predicted octanol–water partition coefficient (Wildman–Crippen LogP) is 5.16. The van der Waals surface area contributed by atoms with Crippen molar-refractivity contribution in [3.8, 4) is 0 Å². The molecule has 4 nitrogen and oxygen atoms in total. The van der Waals surface area contributed by atoms with Gasteiger partial charge < -0.3 is 4.48 Å². The highest BCUT2D eigenvalue weighted by Gasteiger charge is 2.13. The van der Waals surface area contributed by atoms with Crippen molar-refractivity contribution in [2.45, 2.75) is 39.0 Å². The molecule has 0 bridgehead atoms. The summed E-state index contributed by atoms with van der Waals surface area (Å²) in [6, 6.07) is 5.48. The summed E-state index contributed by atoms with van der Waals surface area (Å²) in [7, 11) is 5.91. The molecule has 0 aliphatic rings. The van der Waals surface area contributed by atoms with E-state index in [0.29, 0.717) is 21.1 Å². The number of carbonyl (C=O) groups excluding carboxylic acids is 1. The number of nitrogens with one attached hydrogen (secondary N) is 1. The fourth-order valence-corrected chi connectivity index (χ4v) is 2.62. The second kappa shape index (κ2) is 11.4. The molecule has 144 valence electrons. The highest BCUT2D eigenvalue weighted by atomic mass is 35.5. The molecule has 0 saturated carbocycles. The van der Waals surface area contributed by atoms with Gasteiger partial charge in [-0.2, -0.15) is 5.10 Å². The highest BCUT2D eigenvalue weighted by molar-refractivity contribution is 6.42. The van der Waals surface area contributed by atoms with Gasteiger partial charge in [-0.05, 0) is 36.6 Å². The summed E-state index contributed by atoms with van der Waals surface area (Å²) in [6.07, 6.45) is 9.28. The lowest BCUT2D eigenvalue weighted by molar-refractivity contribution is -0.862. The number of quaternary nitrogens is 1. The van der Waals surface area contributed by atoms with Gasteiger partial charge in [-0.1, -0.05) is 61.5 Å². The predicted molar refractivity (Wildman–Crippen MR) is 113 cm³/mol. The van der Waals surface area contributed by atoms with Gasteiger partial charge in [-0.25, -0.2) is 5.43 Å². The van der Waals surface area contributed by atoms with Crippen LogP contribution < -0.4 is 5.43 Å². The van der Waals surface area contributed by atoms with Gasteiger partial charge in [0.25, 0.3) is 5.91 Å². The number of hydrogen-bond acceptors (Lipinski definition) is 2. The van der Waals surface area contributed by atoms with Crippen molar-refractivity contribution in [1.29, 1.82) is 0 Å². The Kier molecular flexibility index (Phi) is 9.92. The lowest BCUT2D eigenvalue weighted by atomic mass is 10.1. The molecule has 0 heterocycles. The molecule has 0 atom stereocenters. The zero-order chi connectivity index (χ0) is 19.6. The van der Waals surface area contributed by atoms with Crippen LogP contribution in [0.1, 0.15) is 44.6 Å². The van der Waals surface area contributed by atoms with Crippen molar-refractivity contribution in [2.24, 2.45) is 5.10 Å². The number of amides is 1. The number of hydrazone groups is 1. The van der Waals surface area contributed by atoms with Crippen LogP contribution in [0, 0.1) is 0 Å². The number of likely N-dealkylation sites (N-methyl/N-ethyl adjacent to an activating group) is 1. The Labute approximate surface area is 167 Å². The van der Waals surface area contributed by atoms with E-state index in [1.807, 2.05) is 45.4 Å². The van der Waals surface area contributed by atoms with E-state index in [1.54, 1.807) is 6.07 Å². The van der Waals surface area contributed by atoms with Gasteiger partial charge in [0, 0.05) is 0 Å². The van der Waals surface area contributed by atoms with Crippen molar-refractivity contribution in [2.75, 3.05) is 27.7 Å². The van der Waals surface area contributed by atoms with Gasteiger partial charge in [0.2, 0.25) is 0 Å². The number of allylic oxidation sites excluding steroid dienone is 1. The quantitative estimate of drug-likeness (QED) is 0.251. The third-order valence-corrected chi connectivity index (χ3v) is 4.38. The second-order valence-corrected chi connectivity index (χ2v) is 8.22. The number of rotatable bonds is 10. The van der Waals surface area contributed by atoms with E-state index in [-0.39, 0.29) is 5.91 Å². The molecule has 0 spiro atoms. The Morgan fingerprint density at radius 2 is 1.88 bits per heavy atom. The Hall–Kier alpha value is -1.36. The van der Waals surface area contributed by atoms with Crippen molar-refractivity contribution >= 4 is 40.9 Å². The maximum absolute atomic E-state index is 12.0. The first kappa shape index (κ1) is 22.7. The normalized spacial score (nSPS) is 12.6. The Bertz CT molecular complexity index is 649. The molecular weight excluding hydrogens is 369 g/mol. The first-order valence-electron chi connectivity index (χ1n) is 9.00. The number of carbonyl (C=O) groups is 1. The SMILES string of the molecule is CCCCCCC(C=Cc1ccc(Cl)c(Cl)c1)=NNC(=O)C[N+](C)(C)C. The van der Waals surface area contributed by atoms with Crippen LogP contribution in [-0.2, 0) is 4.79 Å². The third kappa shape index (κ3) is 9.95. The molecule has 0 unspecified atom stereocenters. The smallest absolute Gasteiger partial charge is 0.295 e. The maximum atomic E-state index is 12.0. The molecule has 0 radical (unpaired) electrons. The van der Waals surface area contributed by atoms with E-state index >= 15 is 0 Å². The summed E-state index contributed by atoms with van der Waals surface area (Å²) in [4.78, 5) is 12.0. The molecule has 1 aromatic carbocycles. The van der Waals surface area contributed by atoms with Crippen molar-refractivity contribution in [3.63, 3.8) is 0 Å². The van der Waals surface area contributed by atoms with E-state index in [1.165, 1.54) is 12.8 Å². The fraction of sp³-hybridized carbons (Fsp3) is 0.500. The van der Waals surface area contributed by atoms with Gasteiger partial charge >= 0.3 is 0 Å². The standard InChI is InChI=1S/C20H29Cl2N3O/c1-5-6-7-8-9-17(23-24-20(26)15-25(2,3)4)12-10-16-11-13-18(21)19(22)14-16/h10-14H,5-9,15H2,1-4H3/p+1.